The van der Waals surface area contributed by atoms with Crippen molar-refractivity contribution in [1.82, 2.24) is 19.6 Å². The maximum atomic E-state index is 13.9. The first-order valence-corrected chi connectivity index (χ1v) is 13.5. The summed E-state index contributed by atoms with van der Waals surface area (Å²) in [5, 5.41) is 4.67. The Hall–Kier alpha value is -4.29. The number of aromatic amines is 1. The number of imidazole rings is 1. The molecular weight excluding hydrogens is 563 g/mol. The highest BCUT2D eigenvalue weighted by Crippen LogP contribution is 2.39. The number of hydrogen-bond donors (Lipinski definition) is 1. The first kappa shape index (κ1) is 29.2. The van der Waals surface area contributed by atoms with Gasteiger partial charge in [-0.15, -0.1) is 5.10 Å². The summed E-state index contributed by atoms with van der Waals surface area (Å²) in [7, 11) is 0. The summed E-state index contributed by atoms with van der Waals surface area (Å²) in [4.78, 5) is 32.7. The molecule has 0 amide bonds. The number of hydrogen-bond acceptors (Lipinski definition) is 6. The van der Waals surface area contributed by atoms with Crippen molar-refractivity contribution in [3.8, 4) is 22.9 Å². The van der Waals surface area contributed by atoms with Crippen LogP contribution in [0.25, 0.3) is 16.9 Å². The number of carbonyl (C=O) groups excluding carboxylic acids is 1. The minimum absolute atomic E-state index is 0.0216. The second-order valence-electron chi connectivity index (χ2n) is 10.2. The number of nitrogens with one attached hydrogen (secondary N) is 1. The Labute approximate surface area is 236 Å². The molecule has 0 spiro atoms. The van der Waals surface area contributed by atoms with Crippen LogP contribution < -0.4 is 15.0 Å². The molecule has 0 radical (unpaired) electrons. The van der Waals surface area contributed by atoms with E-state index in [0.717, 1.165) is 12.0 Å². The molecule has 1 aliphatic carbocycles. The summed E-state index contributed by atoms with van der Waals surface area (Å²) >= 11 is 0. The Morgan fingerprint density at radius 3 is 2.36 bits per heavy atom. The highest BCUT2D eigenvalue weighted by atomic mass is 19.2. The summed E-state index contributed by atoms with van der Waals surface area (Å²) in [6.07, 6.45) is 2.53. The third-order valence-corrected chi connectivity index (χ3v) is 7.28. The first-order chi connectivity index (χ1) is 20.0. The topological polar surface area (TPSA) is 98.6 Å². The zero-order valence-corrected chi connectivity index (χ0v) is 23.0. The summed E-state index contributed by atoms with van der Waals surface area (Å²) in [6.45, 7) is 5.96. The molecule has 5 rings (SSSR count). The lowest BCUT2D eigenvalue weighted by atomic mass is 9.72. The van der Waals surface area contributed by atoms with Crippen LogP contribution in [0.5, 0.6) is 11.5 Å². The number of fused-ring (bicyclic) bond motifs is 1. The molecular formula is C29H27F5N4O4. The molecule has 1 saturated carbocycles. The first-order valence-electron chi connectivity index (χ1n) is 13.5. The van der Waals surface area contributed by atoms with Gasteiger partial charge in [0.2, 0.25) is 34.8 Å². The Bertz CT molecular complexity index is 1720. The lowest BCUT2D eigenvalue weighted by Crippen LogP contribution is -2.34. The highest BCUT2D eigenvalue weighted by molar-refractivity contribution is 5.76. The van der Waals surface area contributed by atoms with Gasteiger partial charge in [0.15, 0.2) is 11.3 Å². The van der Waals surface area contributed by atoms with Gasteiger partial charge in [-0.25, -0.2) is 22.7 Å². The third-order valence-electron chi connectivity index (χ3n) is 7.28. The molecule has 0 atom stereocenters. The van der Waals surface area contributed by atoms with Gasteiger partial charge in [-0.1, -0.05) is 13.0 Å². The molecule has 1 aliphatic rings. The van der Waals surface area contributed by atoms with Crippen molar-refractivity contribution in [2.45, 2.75) is 52.9 Å². The molecule has 1 N–H and O–H groups in total. The van der Waals surface area contributed by atoms with E-state index in [1.54, 1.807) is 17.5 Å². The number of benzene rings is 2. The van der Waals surface area contributed by atoms with E-state index in [4.69, 9.17) is 4.74 Å². The van der Waals surface area contributed by atoms with E-state index >= 15 is 0 Å². The van der Waals surface area contributed by atoms with Crippen molar-refractivity contribution >= 4 is 11.5 Å². The molecule has 0 bridgehead atoms. The highest BCUT2D eigenvalue weighted by Gasteiger charge is 2.38. The maximum Gasteiger partial charge on any atom is 0.314 e. The average molecular weight is 591 g/mol. The van der Waals surface area contributed by atoms with Crippen LogP contribution in [0.2, 0.25) is 0 Å². The Kier molecular flexibility index (Phi) is 8.02. The molecule has 0 aliphatic heterocycles. The summed E-state index contributed by atoms with van der Waals surface area (Å²) in [5.41, 5.74) is 2.02. The fourth-order valence-corrected chi connectivity index (χ4v) is 5.20. The fraction of sp³-hybridized carbons (Fsp3) is 0.379. The number of nitrogens with zero attached hydrogens (tertiary/aromatic N) is 3. The van der Waals surface area contributed by atoms with Gasteiger partial charge in [-0.2, -0.15) is 8.78 Å². The number of aryl methyl sites for hydroxylation is 2. The van der Waals surface area contributed by atoms with Gasteiger partial charge >= 0.3 is 5.97 Å². The van der Waals surface area contributed by atoms with E-state index in [1.165, 1.54) is 0 Å². The van der Waals surface area contributed by atoms with E-state index in [1.807, 2.05) is 26.0 Å². The third kappa shape index (κ3) is 5.23. The van der Waals surface area contributed by atoms with E-state index in [9.17, 15) is 31.5 Å². The number of aromatic nitrogens is 4. The second-order valence-corrected chi connectivity index (χ2v) is 10.2. The van der Waals surface area contributed by atoms with Crippen LogP contribution in [0.3, 0.4) is 0 Å². The zero-order valence-electron chi connectivity index (χ0n) is 23.0. The lowest BCUT2D eigenvalue weighted by Gasteiger charge is -2.33. The van der Waals surface area contributed by atoms with Gasteiger partial charge in [0.05, 0.1) is 23.8 Å². The van der Waals surface area contributed by atoms with Crippen LogP contribution in [0, 0.1) is 47.8 Å². The number of halogens is 5. The minimum Gasteiger partial charge on any atom is -0.493 e. The van der Waals surface area contributed by atoms with Crippen molar-refractivity contribution in [2.24, 2.45) is 11.8 Å². The van der Waals surface area contributed by atoms with E-state index < -0.39 is 46.7 Å². The number of H-pyrrole nitrogens is 1. The molecule has 2 heterocycles. The molecule has 13 heteroatoms. The smallest absolute Gasteiger partial charge is 0.314 e. The molecule has 2 aromatic carbocycles. The predicted octanol–water partition coefficient (Wildman–Crippen LogP) is 5.61. The van der Waals surface area contributed by atoms with Gasteiger partial charge in [0, 0.05) is 6.42 Å². The molecule has 8 nitrogen and oxygen atoms in total. The lowest BCUT2D eigenvalue weighted by molar-refractivity contribution is -0.144. The van der Waals surface area contributed by atoms with Crippen LogP contribution in [0.15, 0.2) is 23.0 Å². The Morgan fingerprint density at radius 1 is 1.05 bits per heavy atom. The Morgan fingerprint density at radius 2 is 1.71 bits per heavy atom. The molecule has 2 aromatic heterocycles. The Balaban J connectivity index is 1.34. The fourth-order valence-electron chi connectivity index (χ4n) is 5.20. The summed E-state index contributed by atoms with van der Waals surface area (Å²) < 4.78 is 79.9. The second kappa shape index (κ2) is 11.5. The number of carbonyl (C=O) groups is 1. The number of ether oxygens (including phenoxy) is 2. The van der Waals surface area contributed by atoms with E-state index in [0.29, 0.717) is 53.6 Å². The van der Waals surface area contributed by atoms with Crippen LogP contribution in [0.1, 0.15) is 50.2 Å². The van der Waals surface area contributed by atoms with Gasteiger partial charge < -0.3 is 14.5 Å². The van der Waals surface area contributed by atoms with Crippen molar-refractivity contribution in [3.05, 3.63) is 74.7 Å². The average Bonchev–Trinajstić information content (AvgIpc) is 3.26. The van der Waals surface area contributed by atoms with Gasteiger partial charge in [-0.3, -0.25) is 9.59 Å². The maximum absolute atomic E-state index is 13.9. The molecule has 1 fully saturated rings. The predicted molar refractivity (Wildman–Crippen MR) is 141 cm³/mol. The van der Waals surface area contributed by atoms with Gasteiger partial charge in [0.25, 0.3) is 5.56 Å². The summed E-state index contributed by atoms with van der Waals surface area (Å²) in [5.74, 6) is -13.1. The van der Waals surface area contributed by atoms with Crippen molar-refractivity contribution in [1.29, 1.82) is 0 Å². The summed E-state index contributed by atoms with van der Waals surface area (Å²) in [6, 6.07) is 5.44. The van der Waals surface area contributed by atoms with Crippen molar-refractivity contribution in [2.75, 3.05) is 6.61 Å². The van der Waals surface area contributed by atoms with Crippen LogP contribution >= 0.6 is 0 Å². The largest absolute Gasteiger partial charge is 0.493 e. The van der Waals surface area contributed by atoms with Crippen LogP contribution in [0.4, 0.5) is 22.0 Å². The van der Waals surface area contributed by atoms with Crippen molar-refractivity contribution in [3.63, 3.8) is 0 Å². The van der Waals surface area contributed by atoms with Crippen LogP contribution in [-0.4, -0.2) is 32.2 Å². The molecule has 42 heavy (non-hydrogen) atoms. The number of rotatable bonds is 9. The normalized spacial score (nSPS) is 16.5. The molecule has 0 saturated heterocycles. The monoisotopic (exact) mass is 590 g/mol. The van der Waals surface area contributed by atoms with Gasteiger partial charge in [-0.05, 0) is 63.1 Å². The quantitative estimate of drug-likeness (QED) is 0.0895. The van der Waals surface area contributed by atoms with E-state index in [-0.39, 0.29) is 24.3 Å². The molecule has 0 unspecified atom stereocenters. The van der Waals surface area contributed by atoms with Crippen molar-refractivity contribution < 1.29 is 36.2 Å². The standard InChI is InChI=1S/C29H27F5N4O4/c1-4-6-19-35-13(3)25-28(39)36-27(37-38(19)25)17-12-14(7-8-18(17)41-5-2)9-15-10-16(11-15)29(40)42-26-23(33)21(31)20(30)22(32)24(26)34/h7-8,12,15-16H,4-6,9-11H2,1-3H3,(H,36,37,39). The number of esters is 1. The molecule has 4 aromatic rings. The van der Waals surface area contributed by atoms with Gasteiger partial charge in [0.1, 0.15) is 11.6 Å². The van der Waals surface area contributed by atoms with E-state index in [2.05, 4.69) is 19.8 Å². The van der Waals surface area contributed by atoms with Crippen LogP contribution in [-0.2, 0) is 17.6 Å². The zero-order chi connectivity index (χ0) is 30.3. The minimum atomic E-state index is -2.33. The SMILES string of the molecule is CCCc1nc(C)c2c(=O)[nH]c(-c3cc(CC4CC(C(=O)Oc5c(F)c(F)c(F)c(F)c5F)C4)ccc3OCC)nn12. The molecule has 222 valence electrons.